The van der Waals surface area contributed by atoms with Gasteiger partial charge in [0, 0.05) is 12.8 Å². The van der Waals surface area contributed by atoms with Crippen LogP contribution in [-0.2, 0) is 4.79 Å². The molecule has 1 saturated carbocycles. The van der Waals surface area contributed by atoms with Crippen molar-refractivity contribution in [3.05, 3.63) is 0 Å². The van der Waals surface area contributed by atoms with Crippen LogP contribution in [0, 0.1) is 11.8 Å². The van der Waals surface area contributed by atoms with Crippen LogP contribution in [0.4, 0.5) is 4.39 Å². The second-order valence-electron chi connectivity index (χ2n) is 4.56. The third kappa shape index (κ3) is 3.77. The van der Waals surface area contributed by atoms with Gasteiger partial charge in [-0.05, 0) is 24.7 Å². The molecule has 2 unspecified atom stereocenters. The summed E-state index contributed by atoms with van der Waals surface area (Å²) in [5.74, 6) is 1.54. The van der Waals surface area contributed by atoms with Gasteiger partial charge in [0.2, 0.25) is 0 Å². The molecule has 0 bridgehead atoms. The van der Waals surface area contributed by atoms with Gasteiger partial charge in [0.05, 0.1) is 6.67 Å². The van der Waals surface area contributed by atoms with Crippen LogP contribution >= 0.6 is 0 Å². The standard InChI is InChI=1S/C12H21FO/c1-10-5-2-3-6-11(10)9-12(14)7-4-8-13/h10-11H,2-9H2,1H3. The van der Waals surface area contributed by atoms with Gasteiger partial charge in [0.25, 0.3) is 0 Å². The third-order valence-corrected chi connectivity index (χ3v) is 3.37. The van der Waals surface area contributed by atoms with Gasteiger partial charge in [-0.2, -0.15) is 0 Å². The van der Waals surface area contributed by atoms with E-state index in [1.54, 1.807) is 0 Å². The Hall–Kier alpha value is -0.400. The molecule has 2 heteroatoms. The summed E-state index contributed by atoms with van der Waals surface area (Å²) < 4.78 is 11.9. The lowest BCUT2D eigenvalue weighted by atomic mass is 9.77. The monoisotopic (exact) mass is 200 g/mol. The molecule has 0 heterocycles. The molecule has 0 N–H and O–H groups in total. The Morgan fingerprint density at radius 1 is 1.36 bits per heavy atom. The van der Waals surface area contributed by atoms with Crippen LogP contribution in [0.1, 0.15) is 51.9 Å². The minimum atomic E-state index is -0.355. The van der Waals surface area contributed by atoms with E-state index in [0.29, 0.717) is 31.1 Å². The molecule has 1 aliphatic rings. The normalized spacial score (nSPS) is 27.6. The maximum atomic E-state index is 11.9. The zero-order valence-corrected chi connectivity index (χ0v) is 9.10. The fourth-order valence-electron chi connectivity index (χ4n) is 2.35. The van der Waals surface area contributed by atoms with Gasteiger partial charge in [-0.15, -0.1) is 0 Å². The van der Waals surface area contributed by atoms with Gasteiger partial charge >= 0.3 is 0 Å². The summed E-state index contributed by atoms with van der Waals surface area (Å²) in [5, 5.41) is 0. The van der Waals surface area contributed by atoms with Crippen molar-refractivity contribution in [3.63, 3.8) is 0 Å². The highest BCUT2D eigenvalue weighted by molar-refractivity contribution is 5.78. The molecule has 0 aromatic rings. The molecule has 0 radical (unpaired) electrons. The average Bonchev–Trinajstić information content (AvgIpc) is 2.18. The zero-order chi connectivity index (χ0) is 10.4. The fraction of sp³-hybridized carbons (Fsp3) is 0.917. The van der Waals surface area contributed by atoms with Crippen molar-refractivity contribution < 1.29 is 9.18 Å². The topological polar surface area (TPSA) is 17.1 Å². The summed E-state index contributed by atoms with van der Waals surface area (Å²) in [4.78, 5) is 11.4. The molecule has 1 nitrogen and oxygen atoms in total. The van der Waals surface area contributed by atoms with Gasteiger partial charge < -0.3 is 0 Å². The molecule has 0 aliphatic heterocycles. The predicted molar refractivity (Wildman–Crippen MR) is 56.0 cm³/mol. The Labute approximate surface area is 86.1 Å². The SMILES string of the molecule is CC1CCCCC1CC(=O)CCCF. The lowest BCUT2D eigenvalue weighted by Gasteiger charge is -2.28. The van der Waals surface area contributed by atoms with Gasteiger partial charge in [-0.3, -0.25) is 9.18 Å². The molecule has 1 aliphatic carbocycles. The summed E-state index contributed by atoms with van der Waals surface area (Å²) in [7, 11) is 0. The lowest BCUT2D eigenvalue weighted by molar-refractivity contribution is -0.120. The maximum absolute atomic E-state index is 11.9. The molecule has 1 fully saturated rings. The Kier molecular flexibility index (Phi) is 5.13. The number of Topliss-reactive ketones (excluding diaryl/α,β-unsaturated/α-hetero) is 1. The van der Waals surface area contributed by atoms with Crippen LogP contribution in [-0.4, -0.2) is 12.5 Å². The molecule has 0 aromatic heterocycles. The molecule has 14 heavy (non-hydrogen) atoms. The van der Waals surface area contributed by atoms with Crippen LogP contribution in [0.2, 0.25) is 0 Å². The number of carbonyl (C=O) groups is 1. The van der Waals surface area contributed by atoms with E-state index in [4.69, 9.17) is 0 Å². The average molecular weight is 200 g/mol. The number of halogens is 1. The molecule has 1 rings (SSSR count). The first-order valence-corrected chi connectivity index (χ1v) is 5.81. The van der Waals surface area contributed by atoms with Gasteiger partial charge in [-0.1, -0.05) is 26.2 Å². The number of hydrogen-bond donors (Lipinski definition) is 0. The second-order valence-corrected chi connectivity index (χ2v) is 4.56. The van der Waals surface area contributed by atoms with Crippen molar-refractivity contribution in [3.8, 4) is 0 Å². The second kappa shape index (κ2) is 6.15. The van der Waals surface area contributed by atoms with Gasteiger partial charge in [-0.25, -0.2) is 0 Å². The van der Waals surface area contributed by atoms with Crippen LogP contribution in [0.25, 0.3) is 0 Å². The highest BCUT2D eigenvalue weighted by Gasteiger charge is 2.23. The van der Waals surface area contributed by atoms with Crippen molar-refractivity contribution in [1.29, 1.82) is 0 Å². The molecule has 0 aromatic carbocycles. The van der Waals surface area contributed by atoms with Crippen molar-refractivity contribution >= 4 is 5.78 Å². The van der Waals surface area contributed by atoms with Crippen LogP contribution in [0.15, 0.2) is 0 Å². The largest absolute Gasteiger partial charge is 0.300 e. The Morgan fingerprint density at radius 2 is 2.07 bits per heavy atom. The van der Waals surface area contributed by atoms with Crippen molar-refractivity contribution in [2.24, 2.45) is 11.8 Å². The van der Waals surface area contributed by atoms with Gasteiger partial charge in [0.15, 0.2) is 0 Å². The summed E-state index contributed by atoms with van der Waals surface area (Å²) in [6.07, 6.45) is 6.60. The number of carbonyl (C=O) groups excluding carboxylic acids is 1. The predicted octanol–water partition coefficient (Wildman–Crippen LogP) is 3.52. The molecule has 0 saturated heterocycles. The van der Waals surface area contributed by atoms with E-state index in [9.17, 15) is 9.18 Å². The van der Waals surface area contributed by atoms with E-state index in [2.05, 4.69) is 6.92 Å². The Balaban J connectivity index is 2.23. The van der Waals surface area contributed by atoms with Crippen LogP contribution in [0.5, 0.6) is 0 Å². The van der Waals surface area contributed by atoms with E-state index < -0.39 is 0 Å². The maximum Gasteiger partial charge on any atom is 0.133 e. The summed E-state index contributed by atoms with van der Waals surface area (Å²) in [6.45, 7) is 1.89. The first-order valence-electron chi connectivity index (χ1n) is 5.81. The molecule has 2 atom stereocenters. The van der Waals surface area contributed by atoms with Gasteiger partial charge in [0.1, 0.15) is 5.78 Å². The zero-order valence-electron chi connectivity index (χ0n) is 9.10. The van der Waals surface area contributed by atoms with Crippen molar-refractivity contribution in [2.75, 3.05) is 6.67 Å². The molecule has 82 valence electrons. The molecule has 0 amide bonds. The number of rotatable bonds is 5. The third-order valence-electron chi connectivity index (χ3n) is 3.37. The first-order chi connectivity index (χ1) is 6.74. The number of ketones is 1. The minimum Gasteiger partial charge on any atom is -0.300 e. The Morgan fingerprint density at radius 3 is 2.71 bits per heavy atom. The summed E-state index contributed by atoms with van der Waals surface area (Å²) in [5.41, 5.74) is 0. The quantitative estimate of drug-likeness (QED) is 0.663. The Bertz CT molecular complexity index is 179. The minimum absolute atomic E-state index is 0.265. The van der Waals surface area contributed by atoms with Crippen LogP contribution < -0.4 is 0 Å². The van der Waals surface area contributed by atoms with E-state index in [1.807, 2.05) is 0 Å². The summed E-state index contributed by atoms with van der Waals surface area (Å²) in [6, 6.07) is 0. The highest BCUT2D eigenvalue weighted by atomic mass is 19.1. The van der Waals surface area contributed by atoms with Crippen molar-refractivity contribution in [1.82, 2.24) is 0 Å². The van der Waals surface area contributed by atoms with Crippen LogP contribution in [0.3, 0.4) is 0 Å². The summed E-state index contributed by atoms with van der Waals surface area (Å²) >= 11 is 0. The van der Waals surface area contributed by atoms with E-state index in [-0.39, 0.29) is 12.5 Å². The first kappa shape index (κ1) is 11.7. The van der Waals surface area contributed by atoms with Crippen molar-refractivity contribution in [2.45, 2.75) is 51.9 Å². The van der Waals surface area contributed by atoms with E-state index in [0.717, 1.165) is 0 Å². The molecule has 0 spiro atoms. The smallest absolute Gasteiger partial charge is 0.133 e. The number of alkyl halides is 1. The number of hydrogen-bond acceptors (Lipinski definition) is 1. The van der Waals surface area contributed by atoms with E-state index in [1.165, 1.54) is 25.7 Å². The fourth-order valence-corrected chi connectivity index (χ4v) is 2.35. The molecular formula is C12H21FO. The highest BCUT2D eigenvalue weighted by Crippen LogP contribution is 2.32. The van der Waals surface area contributed by atoms with E-state index >= 15 is 0 Å². The lowest BCUT2D eigenvalue weighted by Crippen LogP contribution is -2.20. The molecular weight excluding hydrogens is 179 g/mol.